The van der Waals surface area contributed by atoms with E-state index < -0.39 is 8.07 Å². The van der Waals surface area contributed by atoms with Crippen LogP contribution in [-0.4, -0.2) is 8.07 Å². The Bertz CT molecular complexity index is 56.4. The van der Waals surface area contributed by atoms with E-state index in [-0.39, 0.29) is 18.9 Å². The van der Waals surface area contributed by atoms with Crippen LogP contribution in [-0.2, 0) is 0 Å². The second kappa shape index (κ2) is 5.59. The molecule has 0 atom stereocenters. The Hall–Kier alpha value is 0.814. The fraction of sp³-hybridized carbons (Fsp3) is 0.857. The minimum absolute atomic E-state index is 0. The minimum atomic E-state index is -0.803. The van der Waals surface area contributed by atoms with Crippen LogP contribution in [0.5, 0.6) is 0 Å². The first-order chi connectivity index (χ1) is 3.56. The second-order valence-electron chi connectivity index (χ2n) is 3.36. The van der Waals surface area contributed by atoms with Crippen molar-refractivity contribution in [3.05, 3.63) is 6.04 Å². The molecule has 9 heavy (non-hydrogen) atoms. The molecule has 0 rings (SSSR count). The van der Waals surface area contributed by atoms with Gasteiger partial charge in [-0.15, -0.1) is 8.07 Å². The third-order valence-electron chi connectivity index (χ3n) is 1.05. The first kappa shape index (κ1) is 12.5. The Labute approximate surface area is 72.6 Å². The monoisotopic (exact) mass is 136 g/mol. The predicted molar refractivity (Wildman–Crippen MR) is 42.6 cm³/mol. The van der Waals surface area contributed by atoms with Gasteiger partial charge in [-0.25, -0.2) is 0 Å². The molecule has 0 aliphatic heterocycles. The van der Waals surface area contributed by atoms with Crippen molar-refractivity contribution in [2.75, 3.05) is 0 Å². The van der Waals surface area contributed by atoms with Crippen molar-refractivity contribution in [2.24, 2.45) is 0 Å². The number of hydrogen-bond acceptors (Lipinski definition) is 0. The molecule has 0 saturated heterocycles. The molecule has 50 valence electrons. The van der Waals surface area contributed by atoms with Crippen LogP contribution < -0.4 is 18.9 Å². The fourth-order valence-corrected chi connectivity index (χ4v) is 1.73. The van der Waals surface area contributed by atoms with Gasteiger partial charge in [0.1, 0.15) is 0 Å². The van der Waals surface area contributed by atoms with Crippen molar-refractivity contribution in [3.8, 4) is 0 Å². The first-order valence-corrected chi connectivity index (χ1v) is 6.98. The molecule has 0 amide bonds. The number of hydrogen-bond donors (Lipinski definition) is 0. The van der Waals surface area contributed by atoms with E-state index in [0.29, 0.717) is 0 Å². The van der Waals surface area contributed by atoms with Gasteiger partial charge in [-0.2, -0.15) is 6.42 Å². The van der Waals surface area contributed by atoms with E-state index in [9.17, 15) is 0 Å². The molecule has 0 N–H and O–H groups in total. The topological polar surface area (TPSA) is 0 Å². The van der Waals surface area contributed by atoms with Crippen molar-refractivity contribution in [1.82, 2.24) is 0 Å². The summed E-state index contributed by atoms with van der Waals surface area (Å²) >= 11 is 0. The molecule has 0 saturated carbocycles. The Balaban J connectivity index is 0. The molecule has 0 heterocycles. The van der Waals surface area contributed by atoms with E-state index in [2.05, 4.69) is 32.6 Å². The van der Waals surface area contributed by atoms with Gasteiger partial charge < -0.3 is 6.04 Å². The van der Waals surface area contributed by atoms with Gasteiger partial charge >= 0.3 is 18.9 Å². The fourth-order valence-electron chi connectivity index (χ4n) is 0.577. The summed E-state index contributed by atoms with van der Waals surface area (Å²) in [6.45, 7) is 9.37. The maximum Gasteiger partial charge on any atom is 1.00 e. The standard InChI is InChI=1S/C7H17Si.Li/c1-5-6-7-8(2,3)4;/h7H,5-6H2,1-4H3;/q-1;+1. The van der Waals surface area contributed by atoms with Crippen molar-refractivity contribution in [1.29, 1.82) is 0 Å². The summed E-state index contributed by atoms with van der Waals surface area (Å²) in [6.07, 6.45) is 2.62. The van der Waals surface area contributed by atoms with Gasteiger partial charge in [0, 0.05) is 0 Å². The van der Waals surface area contributed by atoms with Crippen LogP contribution in [0.4, 0.5) is 0 Å². The Morgan fingerprint density at radius 2 is 1.67 bits per heavy atom. The van der Waals surface area contributed by atoms with E-state index in [1.54, 1.807) is 0 Å². The van der Waals surface area contributed by atoms with Crippen LogP contribution in [0.2, 0.25) is 19.6 Å². The van der Waals surface area contributed by atoms with E-state index in [4.69, 9.17) is 0 Å². The van der Waals surface area contributed by atoms with Crippen LogP contribution in [0, 0.1) is 6.04 Å². The Morgan fingerprint density at radius 3 is 1.78 bits per heavy atom. The van der Waals surface area contributed by atoms with E-state index in [0.717, 1.165) is 0 Å². The average Bonchev–Trinajstić information content (AvgIpc) is 1.59. The molecule has 0 spiro atoms. The van der Waals surface area contributed by atoms with Gasteiger partial charge in [0.05, 0.1) is 0 Å². The Morgan fingerprint density at radius 1 is 1.22 bits per heavy atom. The zero-order valence-electron chi connectivity index (χ0n) is 7.49. The average molecular weight is 136 g/mol. The summed E-state index contributed by atoms with van der Waals surface area (Å²) in [6, 6.07) is 2.51. The molecule has 0 fully saturated rings. The predicted octanol–water partition coefficient (Wildman–Crippen LogP) is -0.128. The summed E-state index contributed by atoms with van der Waals surface area (Å²) in [4.78, 5) is 0. The molecule has 0 nitrogen and oxygen atoms in total. The summed E-state index contributed by atoms with van der Waals surface area (Å²) in [5.74, 6) is 0. The van der Waals surface area contributed by atoms with Crippen LogP contribution in [0.25, 0.3) is 0 Å². The minimum Gasteiger partial charge on any atom is -0.328 e. The number of unbranched alkanes of at least 4 members (excludes halogenated alkanes) is 1. The molecule has 0 unspecified atom stereocenters. The summed E-state index contributed by atoms with van der Waals surface area (Å²) in [7, 11) is -0.803. The molecule has 2 heteroatoms. The third kappa shape index (κ3) is 12.1. The van der Waals surface area contributed by atoms with Crippen molar-refractivity contribution in [3.63, 3.8) is 0 Å². The molecule has 0 aromatic rings. The van der Waals surface area contributed by atoms with E-state index in [1.807, 2.05) is 0 Å². The van der Waals surface area contributed by atoms with Gasteiger partial charge in [-0.1, -0.05) is 33.0 Å². The van der Waals surface area contributed by atoms with E-state index in [1.165, 1.54) is 12.8 Å². The first-order valence-electron chi connectivity index (χ1n) is 3.40. The molecule has 0 aliphatic rings. The zero-order chi connectivity index (χ0) is 6.62. The molecule has 0 bridgehead atoms. The van der Waals surface area contributed by atoms with Gasteiger partial charge in [-0.05, 0) is 0 Å². The maximum absolute atomic E-state index is 2.51. The molecular formula is C7H17LiSi. The molecule has 0 aliphatic carbocycles. The van der Waals surface area contributed by atoms with E-state index >= 15 is 0 Å². The SMILES string of the molecule is CCC[CH-][Si](C)(C)C.[Li+]. The quantitative estimate of drug-likeness (QED) is 0.374. The van der Waals surface area contributed by atoms with Gasteiger partial charge in [0.2, 0.25) is 0 Å². The summed E-state index contributed by atoms with van der Waals surface area (Å²) < 4.78 is 0. The largest absolute Gasteiger partial charge is 1.00 e. The maximum atomic E-state index is 2.51. The number of rotatable bonds is 3. The van der Waals surface area contributed by atoms with Crippen molar-refractivity contribution < 1.29 is 18.9 Å². The second-order valence-corrected chi connectivity index (χ2v) is 8.50. The smallest absolute Gasteiger partial charge is 0.328 e. The normalized spacial score (nSPS) is 10.7. The van der Waals surface area contributed by atoms with Crippen LogP contribution in [0.15, 0.2) is 0 Å². The van der Waals surface area contributed by atoms with Gasteiger partial charge in [0.15, 0.2) is 0 Å². The van der Waals surface area contributed by atoms with Gasteiger partial charge in [0.25, 0.3) is 0 Å². The van der Waals surface area contributed by atoms with Crippen LogP contribution in [0.1, 0.15) is 19.8 Å². The summed E-state index contributed by atoms with van der Waals surface area (Å²) in [5.41, 5.74) is 0. The van der Waals surface area contributed by atoms with Crippen LogP contribution >= 0.6 is 0 Å². The molecule has 0 aromatic heterocycles. The van der Waals surface area contributed by atoms with Crippen LogP contribution in [0.3, 0.4) is 0 Å². The van der Waals surface area contributed by atoms with Crippen molar-refractivity contribution in [2.45, 2.75) is 39.4 Å². The van der Waals surface area contributed by atoms with Gasteiger partial charge in [-0.3, -0.25) is 0 Å². The molecule has 0 aromatic carbocycles. The third-order valence-corrected chi connectivity index (χ3v) is 2.56. The molecule has 0 radical (unpaired) electrons. The summed E-state index contributed by atoms with van der Waals surface area (Å²) in [5, 5.41) is 0. The molecular weight excluding hydrogens is 119 g/mol. The Kier molecular flexibility index (Phi) is 7.75. The van der Waals surface area contributed by atoms with Crippen molar-refractivity contribution >= 4 is 8.07 Å². The zero-order valence-corrected chi connectivity index (χ0v) is 8.49.